The lowest BCUT2D eigenvalue weighted by molar-refractivity contribution is -0.156. The Morgan fingerprint density at radius 1 is 1.04 bits per heavy atom. The van der Waals surface area contributed by atoms with Gasteiger partial charge in [0.2, 0.25) is 17.6 Å². The first kappa shape index (κ1) is 36.6. The van der Waals surface area contributed by atoms with Gasteiger partial charge in [0.1, 0.15) is 12.1 Å². The Labute approximate surface area is 271 Å². The van der Waals surface area contributed by atoms with Crippen LogP contribution in [-0.2, 0) is 33.4 Å². The van der Waals surface area contributed by atoms with E-state index in [9.17, 15) is 29.1 Å². The number of amides is 2. The zero-order chi connectivity index (χ0) is 33.6. The number of nitrogens with one attached hydrogen (secondary N) is 2. The SMILES string of the molecule is COC1C=C/C=C/C=C/CC(OC(=O)C(C)NC(=O)C2CCCCC2)C(C)C(O)/C(C)=C\CCC2=CC(=O)C=C(NC(=O)C1)C2=O. The zero-order valence-electron chi connectivity index (χ0n) is 27.3. The monoisotopic (exact) mass is 636 g/mol. The third-order valence-electron chi connectivity index (χ3n) is 8.65. The Balaban J connectivity index is 1.79. The van der Waals surface area contributed by atoms with Crippen LogP contribution in [0.3, 0.4) is 0 Å². The van der Waals surface area contributed by atoms with Crippen molar-refractivity contribution in [2.24, 2.45) is 11.8 Å². The number of hydrogen-bond donors (Lipinski definition) is 3. The summed E-state index contributed by atoms with van der Waals surface area (Å²) in [4.78, 5) is 63.8. The molecule has 10 nitrogen and oxygen atoms in total. The van der Waals surface area contributed by atoms with E-state index in [2.05, 4.69) is 10.6 Å². The molecular formula is C36H48N2O8. The topological polar surface area (TPSA) is 148 Å². The van der Waals surface area contributed by atoms with Crippen molar-refractivity contribution in [3.05, 3.63) is 71.5 Å². The van der Waals surface area contributed by atoms with Crippen molar-refractivity contribution in [1.82, 2.24) is 10.6 Å². The maximum absolute atomic E-state index is 13.1. The minimum Gasteiger partial charge on any atom is -0.460 e. The van der Waals surface area contributed by atoms with Crippen molar-refractivity contribution >= 4 is 29.4 Å². The predicted octanol–water partition coefficient (Wildman–Crippen LogP) is 4.26. The molecule has 46 heavy (non-hydrogen) atoms. The molecule has 0 radical (unpaired) electrons. The number of esters is 1. The van der Waals surface area contributed by atoms with Gasteiger partial charge in [0, 0.05) is 37.0 Å². The van der Waals surface area contributed by atoms with E-state index in [1.54, 1.807) is 57.2 Å². The Kier molecular flexibility index (Phi) is 14.6. The van der Waals surface area contributed by atoms with Gasteiger partial charge in [-0.1, -0.05) is 68.7 Å². The molecule has 0 spiro atoms. The van der Waals surface area contributed by atoms with Gasteiger partial charge >= 0.3 is 5.97 Å². The molecule has 0 aromatic carbocycles. The summed E-state index contributed by atoms with van der Waals surface area (Å²) in [6, 6.07) is -0.840. The number of rotatable bonds is 5. The van der Waals surface area contributed by atoms with Gasteiger partial charge < -0.3 is 25.2 Å². The molecule has 0 saturated heterocycles. The number of aliphatic hydroxyl groups is 1. The zero-order valence-corrected chi connectivity index (χ0v) is 27.3. The van der Waals surface area contributed by atoms with Crippen LogP contribution < -0.4 is 10.6 Å². The van der Waals surface area contributed by atoms with Gasteiger partial charge in [-0.25, -0.2) is 4.79 Å². The molecule has 250 valence electrons. The molecule has 2 bridgehead atoms. The summed E-state index contributed by atoms with van der Waals surface area (Å²) in [5.41, 5.74) is 0.803. The smallest absolute Gasteiger partial charge is 0.328 e. The summed E-state index contributed by atoms with van der Waals surface area (Å²) >= 11 is 0. The van der Waals surface area contributed by atoms with Gasteiger partial charge in [0.15, 0.2) is 5.78 Å². The quantitative estimate of drug-likeness (QED) is 0.230. The second-order valence-corrected chi connectivity index (χ2v) is 12.3. The molecule has 5 unspecified atom stereocenters. The molecule has 2 aliphatic carbocycles. The van der Waals surface area contributed by atoms with Crippen molar-refractivity contribution in [3.8, 4) is 0 Å². The number of carbonyl (C=O) groups is 5. The van der Waals surface area contributed by atoms with Crippen molar-refractivity contribution < 1.29 is 38.6 Å². The number of allylic oxidation sites excluding steroid dienone is 8. The molecule has 1 heterocycles. The first-order valence-electron chi connectivity index (χ1n) is 16.2. The fourth-order valence-corrected chi connectivity index (χ4v) is 5.73. The maximum Gasteiger partial charge on any atom is 0.328 e. The van der Waals surface area contributed by atoms with Crippen LogP contribution in [0.1, 0.15) is 78.6 Å². The highest BCUT2D eigenvalue weighted by Gasteiger charge is 2.31. The van der Waals surface area contributed by atoms with Crippen molar-refractivity contribution in [3.63, 3.8) is 0 Å². The number of Topliss-reactive ketones (excluding diaryl/α,β-unsaturated/α-hetero) is 1. The number of carbonyl (C=O) groups excluding carboxylic acids is 5. The number of aliphatic hydroxyl groups excluding tert-OH is 1. The van der Waals surface area contributed by atoms with E-state index in [0.29, 0.717) is 18.4 Å². The molecule has 3 N–H and O–H groups in total. The number of ketones is 2. The first-order chi connectivity index (χ1) is 22.0. The normalized spacial score (nSPS) is 29.1. The van der Waals surface area contributed by atoms with Gasteiger partial charge in [-0.2, -0.15) is 0 Å². The molecular weight excluding hydrogens is 588 g/mol. The van der Waals surface area contributed by atoms with E-state index >= 15 is 0 Å². The van der Waals surface area contributed by atoms with Crippen LogP contribution in [0.2, 0.25) is 0 Å². The molecule has 0 aromatic heterocycles. The minimum absolute atomic E-state index is 0.0567. The van der Waals surface area contributed by atoms with Crippen LogP contribution in [0.25, 0.3) is 0 Å². The number of hydrogen-bond acceptors (Lipinski definition) is 8. The van der Waals surface area contributed by atoms with Crippen LogP contribution in [-0.4, -0.2) is 65.9 Å². The van der Waals surface area contributed by atoms with Crippen molar-refractivity contribution in [1.29, 1.82) is 0 Å². The fourth-order valence-electron chi connectivity index (χ4n) is 5.73. The van der Waals surface area contributed by atoms with E-state index in [1.807, 2.05) is 6.08 Å². The largest absolute Gasteiger partial charge is 0.460 e. The highest BCUT2D eigenvalue weighted by Crippen LogP contribution is 2.25. The van der Waals surface area contributed by atoms with E-state index in [4.69, 9.17) is 9.47 Å². The minimum atomic E-state index is -0.968. The van der Waals surface area contributed by atoms with Crippen LogP contribution in [0.15, 0.2) is 71.5 Å². The van der Waals surface area contributed by atoms with Crippen LogP contribution in [0.4, 0.5) is 0 Å². The van der Waals surface area contributed by atoms with Crippen molar-refractivity contribution in [2.75, 3.05) is 7.11 Å². The molecule has 2 amide bonds. The van der Waals surface area contributed by atoms with E-state index in [0.717, 1.165) is 38.2 Å². The van der Waals surface area contributed by atoms with Crippen LogP contribution in [0.5, 0.6) is 0 Å². The molecule has 1 saturated carbocycles. The Morgan fingerprint density at radius 2 is 1.76 bits per heavy atom. The lowest BCUT2D eigenvalue weighted by atomic mass is 9.88. The summed E-state index contributed by atoms with van der Waals surface area (Å²) in [6.07, 6.45) is 18.1. The average Bonchev–Trinajstić information content (AvgIpc) is 3.04. The molecule has 0 aromatic rings. The number of methoxy groups -OCH3 is 1. The number of ether oxygens (including phenoxy) is 2. The third kappa shape index (κ3) is 11.2. The summed E-state index contributed by atoms with van der Waals surface area (Å²) in [7, 11) is 1.47. The highest BCUT2D eigenvalue weighted by atomic mass is 16.5. The molecule has 3 aliphatic rings. The van der Waals surface area contributed by atoms with Gasteiger partial charge in [-0.15, -0.1) is 0 Å². The molecule has 3 rings (SSSR count). The van der Waals surface area contributed by atoms with Gasteiger partial charge in [0.25, 0.3) is 0 Å². The van der Waals surface area contributed by atoms with Gasteiger partial charge in [-0.05, 0) is 51.2 Å². The van der Waals surface area contributed by atoms with Crippen molar-refractivity contribution in [2.45, 2.75) is 103 Å². The van der Waals surface area contributed by atoms with Crippen LogP contribution >= 0.6 is 0 Å². The Bertz CT molecular complexity index is 1310. The maximum atomic E-state index is 13.1. The van der Waals surface area contributed by atoms with E-state index in [1.165, 1.54) is 13.2 Å². The second-order valence-electron chi connectivity index (χ2n) is 12.3. The molecule has 1 fully saturated rings. The van der Waals surface area contributed by atoms with E-state index in [-0.39, 0.29) is 35.9 Å². The number of fused-ring (bicyclic) bond motifs is 2. The fraction of sp³-hybridized carbons (Fsp3) is 0.528. The summed E-state index contributed by atoms with van der Waals surface area (Å²) in [6.45, 7) is 5.16. The summed E-state index contributed by atoms with van der Waals surface area (Å²) < 4.78 is 11.3. The highest BCUT2D eigenvalue weighted by molar-refractivity contribution is 6.21. The lowest BCUT2D eigenvalue weighted by Gasteiger charge is -2.29. The first-order valence-corrected chi connectivity index (χ1v) is 16.2. The summed E-state index contributed by atoms with van der Waals surface area (Å²) in [5, 5.41) is 16.6. The third-order valence-corrected chi connectivity index (χ3v) is 8.65. The van der Waals surface area contributed by atoms with Crippen LogP contribution in [0, 0.1) is 11.8 Å². The Morgan fingerprint density at radius 3 is 2.48 bits per heavy atom. The Hall–Kier alpha value is -3.89. The van der Waals surface area contributed by atoms with Gasteiger partial charge in [-0.3, -0.25) is 19.2 Å². The predicted molar refractivity (Wildman–Crippen MR) is 174 cm³/mol. The molecule has 10 heteroatoms. The molecule has 1 aliphatic heterocycles. The second kappa shape index (κ2) is 18.3. The molecule has 5 atom stereocenters. The van der Waals surface area contributed by atoms with Gasteiger partial charge in [0.05, 0.1) is 24.3 Å². The lowest BCUT2D eigenvalue weighted by Crippen LogP contribution is -2.45. The standard InChI is InChI=1S/C36H48N2O8/c1-23-14-13-17-27-20-28(39)21-30(34(27)42)38-32(40)22-29(45-4)18-11-6-5-7-12-19-31(24(2)33(23)41)46-36(44)25(3)37-35(43)26-15-9-8-10-16-26/h5-7,11-12,14,18,20-21,24-26,29,31,33,41H,8-10,13,15-17,19,22H2,1-4H3,(H,37,43)(H,38,40)/b6-5+,12-7+,18-11?,23-14-. The summed E-state index contributed by atoms with van der Waals surface area (Å²) in [5.74, 6) is -2.59. The average molecular weight is 637 g/mol. The van der Waals surface area contributed by atoms with E-state index < -0.39 is 53.7 Å².